The minimum Gasteiger partial charge on any atom is -0.481 e. The molecule has 0 aromatic heterocycles. The van der Waals surface area contributed by atoms with Gasteiger partial charge in [0, 0.05) is 13.1 Å². The van der Waals surface area contributed by atoms with E-state index in [-0.39, 0.29) is 38.3 Å². The molecule has 0 unspecified atom stereocenters. The molecule has 2 saturated heterocycles. The van der Waals surface area contributed by atoms with Gasteiger partial charge in [-0.15, -0.1) is 0 Å². The molecule has 0 spiro atoms. The van der Waals surface area contributed by atoms with E-state index in [1.165, 1.54) is 11.8 Å². The molecule has 2 aliphatic heterocycles. The van der Waals surface area contributed by atoms with Gasteiger partial charge < -0.3 is 48.5 Å². The Morgan fingerprint density at radius 3 is 2.17 bits per heavy atom. The Balaban J connectivity index is 2.43. The van der Waals surface area contributed by atoms with Crippen molar-refractivity contribution in [2.24, 2.45) is 22.2 Å². The number of rotatable bonds is 10. The van der Waals surface area contributed by atoms with E-state index in [1.807, 2.05) is 0 Å². The van der Waals surface area contributed by atoms with E-state index in [4.69, 9.17) is 17.2 Å². The molecule has 0 aromatic rings. The summed E-state index contributed by atoms with van der Waals surface area (Å²) in [6.45, 7) is 2.22. The molecular weight excluding hydrogens is 526 g/mol. The summed E-state index contributed by atoms with van der Waals surface area (Å²) < 4.78 is 0. The van der Waals surface area contributed by atoms with Crippen LogP contribution in [0.5, 0.6) is 0 Å². The average Bonchev–Trinajstić information content (AvgIpc) is 3.38. The number of aliphatic carboxylic acids is 1. The van der Waals surface area contributed by atoms with Gasteiger partial charge in [0.05, 0.1) is 6.42 Å². The van der Waals surface area contributed by atoms with Gasteiger partial charge in [0.2, 0.25) is 29.5 Å². The van der Waals surface area contributed by atoms with Crippen LogP contribution in [-0.2, 0) is 28.8 Å². The lowest BCUT2D eigenvalue weighted by Gasteiger charge is -2.30. The van der Waals surface area contributed by atoms with Crippen LogP contribution < -0.4 is 38.5 Å². The first-order valence-corrected chi connectivity index (χ1v) is 13.4. The molecular formula is C24H41N9O7. The van der Waals surface area contributed by atoms with Crippen LogP contribution in [0.25, 0.3) is 0 Å². The van der Waals surface area contributed by atoms with Crippen LogP contribution in [0.2, 0.25) is 0 Å². The first-order valence-electron chi connectivity index (χ1n) is 13.4. The topological polar surface area (TPSA) is 264 Å². The molecule has 224 valence electrons. The maximum atomic E-state index is 13.6. The number of hydrogen-bond acceptors (Lipinski definition) is 8. The highest BCUT2D eigenvalue weighted by Crippen LogP contribution is 2.20. The van der Waals surface area contributed by atoms with Crippen LogP contribution >= 0.6 is 0 Å². The van der Waals surface area contributed by atoms with Crippen LogP contribution in [-0.4, -0.2) is 101 Å². The van der Waals surface area contributed by atoms with E-state index in [9.17, 15) is 33.9 Å². The van der Waals surface area contributed by atoms with Crippen LogP contribution in [0.3, 0.4) is 0 Å². The normalized spacial score (nSPS) is 26.4. The number of carboxylic acid groups (broad SMARTS) is 1. The number of amides is 5. The highest BCUT2D eigenvalue weighted by Gasteiger charge is 2.40. The van der Waals surface area contributed by atoms with Gasteiger partial charge >= 0.3 is 5.97 Å². The van der Waals surface area contributed by atoms with Crippen molar-refractivity contribution >= 4 is 41.5 Å². The molecule has 0 bridgehead atoms. The number of carboxylic acids is 1. The zero-order chi connectivity index (χ0) is 29.8. The van der Waals surface area contributed by atoms with Crippen LogP contribution in [0.15, 0.2) is 4.99 Å². The molecule has 40 heavy (non-hydrogen) atoms. The van der Waals surface area contributed by atoms with Gasteiger partial charge in [0.25, 0.3) is 0 Å². The molecule has 5 amide bonds. The van der Waals surface area contributed by atoms with Crippen molar-refractivity contribution in [3.63, 3.8) is 0 Å². The van der Waals surface area contributed by atoms with Crippen molar-refractivity contribution in [1.29, 1.82) is 0 Å². The zero-order valence-corrected chi connectivity index (χ0v) is 22.7. The van der Waals surface area contributed by atoms with Gasteiger partial charge in [-0.25, -0.2) is 0 Å². The predicted octanol–water partition coefficient (Wildman–Crippen LogP) is -3.39. The fraction of sp³-hybridized carbons (Fsp3) is 0.708. The fourth-order valence-corrected chi connectivity index (χ4v) is 4.63. The number of nitrogens with two attached hydrogens (primary N) is 3. The van der Waals surface area contributed by atoms with Crippen molar-refractivity contribution in [3.8, 4) is 0 Å². The van der Waals surface area contributed by atoms with E-state index in [0.29, 0.717) is 32.2 Å². The molecule has 2 aliphatic rings. The molecule has 11 N–H and O–H groups in total. The van der Waals surface area contributed by atoms with Crippen LogP contribution in [0, 0.1) is 0 Å². The Morgan fingerprint density at radius 1 is 0.900 bits per heavy atom. The minimum absolute atomic E-state index is 0.0814. The number of nitrogens with zero attached hydrogens (tertiary/aromatic N) is 2. The quantitative estimate of drug-likeness (QED) is 0.0736. The molecule has 0 radical (unpaired) electrons. The standard InChI is InChI=1S/C24H41N9O7/c1-13-19(36)30-14(6-2-3-9-25)20(37)32-16(12-18(34)35)21(38)31-15(7-4-10-28-24(26)27)23(40)33-11-5-8-17(33)22(39)29-13/h13-17H,2-12,25H2,1H3,(H,29,39)(H,30,36)(H,31,38)(H,32,37)(H,34,35)(H4,26,27,28)/t13-,14-,15-,16-,17-/m0/s1. The van der Waals surface area contributed by atoms with Gasteiger partial charge in [-0.3, -0.25) is 33.8 Å². The van der Waals surface area contributed by atoms with Crippen molar-refractivity contribution in [2.75, 3.05) is 19.6 Å². The van der Waals surface area contributed by atoms with Crippen molar-refractivity contribution in [1.82, 2.24) is 26.2 Å². The molecule has 0 aliphatic carbocycles. The maximum Gasteiger partial charge on any atom is 0.305 e. The van der Waals surface area contributed by atoms with E-state index in [1.54, 1.807) is 0 Å². The predicted molar refractivity (Wildman–Crippen MR) is 143 cm³/mol. The number of hydrogen-bond donors (Lipinski definition) is 8. The highest BCUT2D eigenvalue weighted by atomic mass is 16.4. The van der Waals surface area contributed by atoms with Gasteiger partial charge in [-0.2, -0.15) is 0 Å². The Morgan fingerprint density at radius 2 is 1.52 bits per heavy atom. The second-order valence-corrected chi connectivity index (χ2v) is 9.93. The maximum absolute atomic E-state index is 13.6. The van der Waals surface area contributed by atoms with E-state index in [0.717, 1.165) is 0 Å². The monoisotopic (exact) mass is 567 g/mol. The number of fused-ring (bicyclic) bond motifs is 1. The first kappa shape index (κ1) is 32.3. The molecule has 5 atom stereocenters. The van der Waals surface area contributed by atoms with Crippen molar-refractivity contribution in [2.45, 2.75) is 88.5 Å². The molecule has 2 heterocycles. The fourth-order valence-electron chi connectivity index (χ4n) is 4.63. The van der Waals surface area contributed by atoms with Crippen molar-refractivity contribution in [3.05, 3.63) is 0 Å². The number of nitrogens with one attached hydrogen (secondary N) is 4. The highest BCUT2D eigenvalue weighted by molar-refractivity contribution is 5.98. The van der Waals surface area contributed by atoms with Crippen molar-refractivity contribution < 1.29 is 33.9 Å². The lowest BCUT2D eigenvalue weighted by atomic mass is 10.1. The summed E-state index contributed by atoms with van der Waals surface area (Å²) >= 11 is 0. The van der Waals surface area contributed by atoms with E-state index >= 15 is 0 Å². The average molecular weight is 568 g/mol. The number of carbonyl (C=O) groups is 6. The zero-order valence-electron chi connectivity index (χ0n) is 22.7. The second kappa shape index (κ2) is 15.6. The second-order valence-electron chi connectivity index (χ2n) is 9.93. The molecule has 0 saturated carbocycles. The number of guanidine groups is 1. The van der Waals surface area contributed by atoms with Crippen LogP contribution in [0.4, 0.5) is 0 Å². The number of aliphatic imine (C=N–C) groups is 1. The summed E-state index contributed by atoms with van der Waals surface area (Å²) in [4.78, 5) is 82.8. The Labute approximate surface area is 232 Å². The van der Waals surface area contributed by atoms with Gasteiger partial charge in [0.1, 0.15) is 30.2 Å². The van der Waals surface area contributed by atoms with E-state index in [2.05, 4.69) is 26.3 Å². The molecule has 2 rings (SSSR count). The third kappa shape index (κ3) is 9.66. The Bertz CT molecular complexity index is 986. The smallest absolute Gasteiger partial charge is 0.305 e. The van der Waals surface area contributed by atoms with Gasteiger partial charge in [-0.05, 0) is 58.4 Å². The number of carbonyl (C=O) groups excluding carboxylic acids is 5. The summed E-state index contributed by atoms with van der Waals surface area (Å²) in [7, 11) is 0. The number of unbranched alkanes of at least 4 members (excludes halogenated alkanes) is 1. The van der Waals surface area contributed by atoms with E-state index < -0.39 is 72.1 Å². The van der Waals surface area contributed by atoms with Gasteiger partial charge in [0.15, 0.2) is 5.96 Å². The summed E-state index contributed by atoms with van der Waals surface area (Å²) in [5, 5.41) is 19.6. The molecule has 0 aromatic carbocycles. The summed E-state index contributed by atoms with van der Waals surface area (Å²) in [5.41, 5.74) is 16.3. The first-order chi connectivity index (χ1) is 18.9. The summed E-state index contributed by atoms with van der Waals surface area (Å²) in [6.07, 6.45) is 1.68. The minimum atomic E-state index is -1.54. The molecule has 16 nitrogen and oxygen atoms in total. The summed E-state index contributed by atoms with van der Waals surface area (Å²) in [5.74, 6) is -4.92. The Hall–Kier alpha value is -3.95. The van der Waals surface area contributed by atoms with Crippen LogP contribution in [0.1, 0.15) is 58.3 Å². The SMILES string of the molecule is C[C@@H]1NC(=O)[C@@H]2CCCN2C(=O)[C@H](CCCN=C(N)N)NC(=O)[C@H](CC(=O)O)NC(=O)[C@H](CCCCN)NC1=O. The third-order valence-corrected chi connectivity index (χ3v) is 6.74. The lowest BCUT2D eigenvalue weighted by Crippen LogP contribution is -2.58. The third-order valence-electron chi connectivity index (χ3n) is 6.74. The lowest BCUT2D eigenvalue weighted by molar-refractivity contribution is -0.143. The molecule has 2 fully saturated rings. The van der Waals surface area contributed by atoms with Gasteiger partial charge in [-0.1, -0.05) is 0 Å². The Kier molecular flexibility index (Phi) is 12.6. The molecule has 16 heteroatoms. The largest absolute Gasteiger partial charge is 0.481 e. The summed E-state index contributed by atoms with van der Waals surface area (Å²) in [6, 6.07) is -5.72.